The van der Waals surface area contributed by atoms with Crippen molar-refractivity contribution in [3.8, 4) is 5.75 Å². The Morgan fingerprint density at radius 2 is 1.82 bits per heavy atom. The van der Waals surface area contributed by atoms with Gasteiger partial charge in [-0.25, -0.2) is 12.9 Å². The fraction of sp³-hybridized carbons (Fsp3) is 0.500. The lowest BCUT2D eigenvalue weighted by atomic mass is 9.92. The Hall–Kier alpha value is -3.05. The molecule has 1 amide bonds. The predicted octanol–water partition coefficient (Wildman–Crippen LogP) is 4.93. The van der Waals surface area contributed by atoms with Gasteiger partial charge in [-0.2, -0.15) is 0 Å². The second-order valence-corrected chi connectivity index (χ2v) is 13.1. The van der Waals surface area contributed by atoms with Crippen LogP contribution in [0.15, 0.2) is 30.8 Å². The van der Waals surface area contributed by atoms with Crippen molar-refractivity contribution >= 4 is 44.4 Å². The number of hydrogen-bond donors (Lipinski definition) is 3. The number of halogens is 1. The van der Waals surface area contributed by atoms with Crippen LogP contribution in [-0.2, 0) is 20.2 Å². The van der Waals surface area contributed by atoms with E-state index < -0.39 is 21.7 Å². The lowest BCUT2D eigenvalue weighted by Crippen LogP contribution is -2.49. The van der Waals surface area contributed by atoms with E-state index in [9.17, 15) is 13.2 Å². The summed E-state index contributed by atoms with van der Waals surface area (Å²) in [5, 5.41) is 15.2. The number of amides is 1. The van der Waals surface area contributed by atoms with E-state index in [2.05, 4.69) is 31.9 Å². The van der Waals surface area contributed by atoms with Crippen LogP contribution in [0.1, 0.15) is 72.8 Å². The van der Waals surface area contributed by atoms with Gasteiger partial charge >= 0.3 is 0 Å². The van der Waals surface area contributed by atoms with Gasteiger partial charge in [0.2, 0.25) is 10.0 Å². The van der Waals surface area contributed by atoms with Crippen LogP contribution >= 0.6 is 11.6 Å². The minimum absolute atomic E-state index is 0.0645. The summed E-state index contributed by atoms with van der Waals surface area (Å²) in [6.07, 6.45) is 0.546. The van der Waals surface area contributed by atoms with Crippen molar-refractivity contribution < 1.29 is 17.9 Å². The van der Waals surface area contributed by atoms with E-state index in [1.807, 2.05) is 41.5 Å². The molecule has 38 heavy (non-hydrogen) atoms. The molecule has 0 aliphatic carbocycles. The minimum Gasteiger partial charge on any atom is -0.481 e. The molecule has 1 atom stereocenters. The zero-order valence-electron chi connectivity index (χ0n) is 23.0. The maximum atomic E-state index is 13.0. The molecule has 0 saturated carbocycles. The maximum Gasteiger partial charge on any atom is 0.261 e. The van der Waals surface area contributed by atoms with Gasteiger partial charge in [0.25, 0.3) is 5.91 Å². The van der Waals surface area contributed by atoms with E-state index in [1.54, 1.807) is 35.7 Å². The molecule has 3 aromatic rings. The van der Waals surface area contributed by atoms with Gasteiger partial charge in [0.15, 0.2) is 17.6 Å². The Kier molecular flexibility index (Phi) is 8.52. The molecular weight excluding hydrogens is 528 g/mol. The number of nitrogens with one attached hydrogen (secondary N) is 3. The number of carbonyl (C=O) groups is 1. The number of aromatic amines is 1. The van der Waals surface area contributed by atoms with Gasteiger partial charge in [0.1, 0.15) is 10.8 Å². The molecule has 0 spiro atoms. The topological polar surface area (TPSA) is 130 Å². The van der Waals surface area contributed by atoms with Crippen LogP contribution in [0.25, 0.3) is 11.2 Å². The number of ether oxygens (including phenoxy) is 1. The van der Waals surface area contributed by atoms with E-state index >= 15 is 0 Å². The average molecular weight is 565 g/mol. The number of unbranched alkanes of at least 4 members (excludes halogenated alkanes) is 1. The van der Waals surface area contributed by atoms with Gasteiger partial charge in [0, 0.05) is 16.7 Å². The molecule has 1 aromatic carbocycles. The number of fused-ring (bicyclic) bond motifs is 1. The van der Waals surface area contributed by atoms with Crippen molar-refractivity contribution in [2.75, 3.05) is 10.5 Å². The largest absolute Gasteiger partial charge is 0.481 e. The summed E-state index contributed by atoms with van der Waals surface area (Å²) in [6, 6.07) is 6.42. The molecule has 0 radical (unpaired) electrons. The SMILES string of the molecule is C=C(c1nnc2c(Cl)c(C(C)(C)C)[nH]n12)C(C)(C)NC(=O)C(C)Oc1ccc(NS(=O)(=O)CCCC)cc1. The Bertz CT molecular complexity index is 1420. The molecule has 12 heteroatoms. The number of benzene rings is 1. The van der Waals surface area contributed by atoms with Crippen molar-refractivity contribution in [2.45, 2.75) is 78.4 Å². The summed E-state index contributed by atoms with van der Waals surface area (Å²) < 4.78 is 34.2. The van der Waals surface area contributed by atoms with Crippen LogP contribution in [0, 0.1) is 0 Å². The Balaban J connectivity index is 1.67. The third-order valence-corrected chi connectivity index (χ3v) is 7.82. The van der Waals surface area contributed by atoms with Crippen LogP contribution in [0.5, 0.6) is 5.75 Å². The molecule has 0 aliphatic heterocycles. The number of rotatable bonds is 11. The summed E-state index contributed by atoms with van der Waals surface area (Å²) in [5.74, 6) is 0.583. The second kappa shape index (κ2) is 11.0. The second-order valence-electron chi connectivity index (χ2n) is 10.9. The summed E-state index contributed by atoms with van der Waals surface area (Å²) in [7, 11) is -3.40. The first-order valence-electron chi connectivity index (χ1n) is 12.5. The van der Waals surface area contributed by atoms with E-state index in [4.69, 9.17) is 16.3 Å². The molecule has 0 aliphatic rings. The maximum absolute atomic E-state index is 13.0. The third kappa shape index (κ3) is 6.68. The van der Waals surface area contributed by atoms with Gasteiger partial charge in [0.05, 0.1) is 17.0 Å². The van der Waals surface area contributed by atoms with Crippen LogP contribution in [-0.4, -0.2) is 51.5 Å². The first kappa shape index (κ1) is 29.5. The summed E-state index contributed by atoms with van der Waals surface area (Å²) in [4.78, 5) is 13.0. The number of sulfonamides is 1. The smallest absolute Gasteiger partial charge is 0.261 e. The highest BCUT2D eigenvalue weighted by molar-refractivity contribution is 7.92. The first-order chi connectivity index (χ1) is 17.6. The predicted molar refractivity (Wildman–Crippen MR) is 151 cm³/mol. The summed E-state index contributed by atoms with van der Waals surface area (Å²) >= 11 is 6.53. The highest BCUT2D eigenvalue weighted by Crippen LogP contribution is 2.33. The van der Waals surface area contributed by atoms with E-state index in [0.29, 0.717) is 39.9 Å². The highest BCUT2D eigenvalue weighted by atomic mass is 35.5. The summed E-state index contributed by atoms with van der Waals surface area (Å²) in [6.45, 7) is 17.5. The molecule has 0 fully saturated rings. The van der Waals surface area contributed by atoms with Gasteiger partial charge in [-0.15, -0.1) is 10.2 Å². The van der Waals surface area contributed by atoms with Gasteiger partial charge in [-0.05, 0) is 51.5 Å². The van der Waals surface area contributed by atoms with Gasteiger partial charge in [-0.1, -0.05) is 52.3 Å². The van der Waals surface area contributed by atoms with Crippen LogP contribution < -0.4 is 14.8 Å². The normalized spacial score (nSPS) is 13.4. The van der Waals surface area contributed by atoms with E-state index in [-0.39, 0.29) is 17.1 Å². The number of hydrogen-bond acceptors (Lipinski definition) is 6. The number of H-pyrrole nitrogens is 1. The molecular formula is C26H37ClN6O4S. The number of nitrogens with zero attached hydrogens (tertiary/aromatic N) is 3. The lowest BCUT2D eigenvalue weighted by Gasteiger charge is -2.29. The van der Waals surface area contributed by atoms with Crippen molar-refractivity contribution in [3.63, 3.8) is 0 Å². The Morgan fingerprint density at radius 1 is 1.18 bits per heavy atom. The average Bonchev–Trinajstić information content (AvgIpc) is 3.38. The van der Waals surface area contributed by atoms with Crippen LogP contribution in [0.2, 0.25) is 5.02 Å². The Labute approximate surface area is 229 Å². The molecule has 0 bridgehead atoms. The first-order valence-corrected chi connectivity index (χ1v) is 14.5. The number of anilines is 1. The van der Waals surface area contributed by atoms with Crippen LogP contribution in [0.4, 0.5) is 5.69 Å². The van der Waals surface area contributed by atoms with Crippen molar-refractivity contribution in [1.29, 1.82) is 0 Å². The lowest BCUT2D eigenvalue weighted by molar-refractivity contribution is -0.128. The zero-order chi connectivity index (χ0) is 28.5. The van der Waals surface area contributed by atoms with Gasteiger partial charge < -0.3 is 10.1 Å². The zero-order valence-corrected chi connectivity index (χ0v) is 24.5. The van der Waals surface area contributed by atoms with E-state index in [1.165, 1.54) is 0 Å². The van der Waals surface area contributed by atoms with Crippen LogP contribution in [0.3, 0.4) is 0 Å². The molecule has 2 heterocycles. The fourth-order valence-electron chi connectivity index (χ4n) is 3.69. The number of aromatic nitrogens is 4. The van der Waals surface area contributed by atoms with Gasteiger partial charge in [-0.3, -0.25) is 14.6 Å². The molecule has 208 valence electrons. The van der Waals surface area contributed by atoms with Crippen molar-refractivity contribution in [2.24, 2.45) is 0 Å². The minimum atomic E-state index is -3.40. The Morgan fingerprint density at radius 3 is 2.39 bits per heavy atom. The van der Waals surface area contributed by atoms with Crippen molar-refractivity contribution in [1.82, 2.24) is 25.1 Å². The molecule has 0 saturated heterocycles. The standard InChI is InChI=1S/C26H37ClN6O4S/c1-9-10-15-38(35,36)32-18-11-13-19(14-12-18)37-17(3)24(34)28-26(7,8)16(2)22-29-30-23-20(27)21(25(4,5)6)31-33(22)23/h11-14,17,31-32H,2,9-10,15H2,1,3-8H3,(H,28,34). The monoisotopic (exact) mass is 564 g/mol. The number of carbonyl (C=O) groups excluding carboxylic acids is 1. The highest BCUT2D eigenvalue weighted by Gasteiger charge is 2.32. The fourth-order valence-corrected chi connectivity index (χ4v) is 5.40. The molecule has 2 aromatic heterocycles. The third-order valence-electron chi connectivity index (χ3n) is 6.09. The summed E-state index contributed by atoms with van der Waals surface area (Å²) in [5.41, 5.74) is 1.15. The molecule has 1 unspecified atom stereocenters. The molecule has 3 N–H and O–H groups in total. The van der Waals surface area contributed by atoms with E-state index in [0.717, 1.165) is 12.1 Å². The quantitative estimate of drug-likeness (QED) is 0.303. The molecule has 3 rings (SSSR count). The molecule has 10 nitrogen and oxygen atoms in total. The van der Waals surface area contributed by atoms with Crippen molar-refractivity contribution in [3.05, 3.63) is 47.4 Å².